The number of fused-ring (bicyclic) bond motifs is 1. The van der Waals surface area contributed by atoms with Crippen LogP contribution in [0.4, 0.5) is 21.7 Å². The molecular formula is C20H26FN7O. The van der Waals surface area contributed by atoms with Crippen LogP contribution in [-0.4, -0.2) is 32.8 Å². The molecule has 0 saturated heterocycles. The lowest BCUT2D eigenvalue weighted by molar-refractivity contribution is 0.100. The second-order valence-electron chi connectivity index (χ2n) is 6.94. The maximum Gasteiger partial charge on any atom is 0.252 e. The first-order valence-electron chi connectivity index (χ1n) is 9.59. The van der Waals surface area contributed by atoms with E-state index in [9.17, 15) is 9.18 Å². The molecule has 0 radical (unpaired) electrons. The molecule has 1 aromatic carbocycles. The Morgan fingerprint density at radius 2 is 2.03 bits per heavy atom. The maximum absolute atomic E-state index is 14.5. The summed E-state index contributed by atoms with van der Waals surface area (Å²) >= 11 is 0. The fourth-order valence-corrected chi connectivity index (χ4v) is 3.10. The second kappa shape index (κ2) is 8.44. The Kier molecular flexibility index (Phi) is 5.97. The number of nitrogens with two attached hydrogens (primary N) is 2. The summed E-state index contributed by atoms with van der Waals surface area (Å²) in [4.78, 5) is 16.1. The number of aromatic nitrogens is 3. The van der Waals surface area contributed by atoms with Gasteiger partial charge in [-0.1, -0.05) is 6.92 Å². The van der Waals surface area contributed by atoms with Gasteiger partial charge in [-0.05, 0) is 44.5 Å². The van der Waals surface area contributed by atoms with Gasteiger partial charge < -0.3 is 22.1 Å². The van der Waals surface area contributed by atoms with Gasteiger partial charge in [0.15, 0.2) is 11.6 Å². The number of carbonyl (C=O) groups is 1. The van der Waals surface area contributed by atoms with Gasteiger partial charge in [-0.2, -0.15) is 5.10 Å². The molecule has 2 aromatic heterocycles. The van der Waals surface area contributed by atoms with Crippen molar-refractivity contribution in [2.24, 2.45) is 11.5 Å². The first-order chi connectivity index (χ1) is 13.8. The van der Waals surface area contributed by atoms with Crippen LogP contribution >= 0.6 is 0 Å². The number of pyridine rings is 1. The molecule has 2 atom stereocenters. The standard InChI is InChI=1S/C20H26FN7O/c1-4-16(22)11(3)25-20-15(21)9-14(18(23)29)19(27-20)26-13-6-7-17-12(8-13)10-24-28(17)5-2/h6-11,16H,4-5,22H2,1-3H3,(H2,23,29)(H2,25,26,27)/t11-,16+/m1/s1. The molecule has 9 heteroatoms. The van der Waals surface area contributed by atoms with Crippen LogP contribution in [0.5, 0.6) is 0 Å². The Morgan fingerprint density at radius 3 is 2.69 bits per heavy atom. The number of anilines is 3. The van der Waals surface area contributed by atoms with Crippen LogP contribution in [0, 0.1) is 5.82 Å². The van der Waals surface area contributed by atoms with Crippen LogP contribution in [0.2, 0.25) is 0 Å². The molecule has 0 bridgehead atoms. The average molecular weight is 399 g/mol. The highest BCUT2D eigenvalue weighted by atomic mass is 19.1. The van der Waals surface area contributed by atoms with E-state index in [1.165, 1.54) is 0 Å². The smallest absolute Gasteiger partial charge is 0.252 e. The molecule has 0 aliphatic carbocycles. The first-order valence-corrected chi connectivity index (χ1v) is 9.59. The molecule has 0 fully saturated rings. The molecule has 3 aromatic rings. The molecule has 2 heterocycles. The Bertz CT molecular complexity index is 1030. The van der Waals surface area contributed by atoms with Crippen molar-refractivity contribution in [2.75, 3.05) is 10.6 Å². The van der Waals surface area contributed by atoms with Gasteiger partial charge in [0.1, 0.15) is 5.82 Å². The minimum absolute atomic E-state index is 0.00813. The van der Waals surface area contributed by atoms with E-state index in [4.69, 9.17) is 11.5 Å². The molecule has 8 nitrogen and oxygen atoms in total. The van der Waals surface area contributed by atoms with E-state index >= 15 is 0 Å². The predicted molar refractivity (Wildman–Crippen MR) is 113 cm³/mol. The fourth-order valence-electron chi connectivity index (χ4n) is 3.10. The number of rotatable bonds is 8. The fraction of sp³-hybridized carbons (Fsp3) is 0.350. The molecule has 0 spiro atoms. The molecule has 154 valence electrons. The Hall–Kier alpha value is -3.20. The zero-order valence-corrected chi connectivity index (χ0v) is 16.7. The van der Waals surface area contributed by atoms with Crippen LogP contribution < -0.4 is 22.1 Å². The Balaban J connectivity index is 1.96. The number of benzene rings is 1. The third-order valence-electron chi connectivity index (χ3n) is 4.92. The zero-order valence-electron chi connectivity index (χ0n) is 16.7. The van der Waals surface area contributed by atoms with Crippen LogP contribution in [0.3, 0.4) is 0 Å². The maximum atomic E-state index is 14.5. The molecule has 1 amide bonds. The van der Waals surface area contributed by atoms with Gasteiger partial charge in [-0.25, -0.2) is 9.37 Å². The van der Waals surface area contributed by atoms with Crippen molar-refractivity contribution in [2.45, 2.75) is 45.8 Å². The van der Waals surface area contributed by atoms with Crippen molar-refractivity contribution >= 4 is 34.1 Å². The summed E-state index contributed by atoms with van der Waals surface area (Å²) < 4.78 is 16.4. The van der Waals surface area contributed by atoms with Crippen LogP contribution in [0.1, 0.15) is 37.6 Å². The Morgan fingerprint density at radius 1 is 1.28 bits per heavy atom. The molecule has 0 aliphatic heterocycles. The van der Waals surface area contributed by atoms with Gasteiger partial charge in [0.2, 0.25) is 0 Å². The number of amides is 1. The lowest BCUT2D eigenvalue weighted by Crippen LogP contribution is -2.38. The van der Waals surface area contributed by atoms with E-state index < -0.39 is 11.7 Å². The van der Waals surface area contributed by atoms with Crippen molar-refractivity contribution in [3.8, 4) is 0 Å². The summed E-state index contributed by atoms with van der Waals surface area (Å²) in [5, 5.41) is 11.3. The molecular weight excluding hydrogens is 373 g/mol. The SMILES string of the molecule is CC[C@H](N)[C@@H](C)Nc1nc(Nc2ccc3c(cnn3CC)c2)c(C(N)=O)cc1F. The summed E-state index contributed by atoms with van der Waals surface area (Å²) in [5.74, 6) is -1.27. The summed E-state index contributed by atoms with van der Waals surface area (Å²) in [6.07, 6.45) is 2.49. The van der Waals surface area contributed by atoms with E-state index in [2.05, 4.69) is 20.7 Å². The van der Waals surface area contributed by atoms with E-state index in [1.807, 2.05) is 43.7 Å². The Labute approximate surface area is 168 Å². The lowest BCUT2D eigenvalue weighted by Gasteiger charge is -2.21. The minimum atomic E-state index is -0.774. The van der Waals surface area contributed by atoms with Crippen molar-refractivity contribution in [1.82, 2.24) is 14.8 Å². The normalized spacial score (nSPS) is 13.3. The third kappa shape index (κ3) is 4.29. The summed E-state index contributed by atoms with van der Waals surface area (Å²) in [7, 11) is 0. The third-order valence-corrected chi connectivity index (χ3v) is 4.92. The summed E-state index contributed by atoms with van der Waals surface area (Å²) in [6.45, 7) is 6.57. The van der Waals surface area contributed by atoms with E-state index in [-0.39, 0.29) is 29.3 Å². The minimum Gasteiger partial charge on any atom is -0.365 e. The predicted octanol–water partition coefficient (Wildman–Crippen LogP) is 2.97. The highest BCUT2D eigenvalue weighted by Gasteiger charge is 2.19. The molecule has 3 rings (SSSR count). The largest absolute Gasteiger partial charge is 0.365 e. The molecule has 6 N–H and O–H groups in total. The number of aryl methyl sites for hydroxylation is 1. The van der Waals surface area contributed by atoms with Gasteiger partial charge in [0, 0.05) is 29.7 Å². The quantitative estimate of drug-likeness (QED) is 0.462. The van der Waals surface area contributed by atoms with E-state index in [1.54, 1.807) is 6.20 Å². The molecule has 0 saturated carbocycles. The van der Waals surface area contributed by atoms with Gasteiger partial charge in [-0.15, -0.1) is 0 Å². The number of nitrogens with one attached hydrogen (secondary N) is 2. The number of hydrogen-bond acceptors (Lipinski definition) is 6. The number of halogens is 1. The highest BCUT2D eigenvalue weighted by molar-refractivity contribution is 5.99. The van der Waals surface area contributed by atoms with Crippen molar-refractivity contribution in [3.05, 3.63) is 41.8 Å². The lowest BCUT2D eigenvalue weighted by atomic mass is 10.1. The van der Waals surface area contributed by atoms with E-state index in [0.29, 0.717) is 5.69 Å². The van der Waals surface area contributed by atoms with Gasteiger partial charge in [-0.3, -0.25) is 9.48 Å². The monoisotopic (exact) mass is 399 g/mol. The van der Waals surface area contributed by atoms with Gasteiger partial charge in [0.05, 0.1) is 17.3 Å². The molecule has 0 unspecified atom stereocenters. The molecule has 29 heavy (non-hydrogen) atoms. The number of hydrogen-bond donors (Lipinski definition) is 4. The van der Waals surface area contributed by atoms with Crippen LogP contribution in [0.25, 0.3) is 10.9 Å². The topological polar surface area (TPSA) is 124 Å². The van der Waals surface area contributed by atoms with Crippen LogP contribution in [0.15, 0.2) is 30.5 Å². The zero-order chi connectivity index (χ0) is 21.1. The van der Waals surface area contributed by atoms with Crippen molar-refractivity contribution < 1.29 is 9.18 Å². The highest BCUT2D eigenvalue weighted by Crippen LogP contribution is 2.26. The summed E-state index contributed by atoms with van der Waals surface area (Å²) in [5.41, 5.74) is 13.1. The molecule has 0 aliphatic rings. The summed E-state index contributed by atoms with van der Waals surface area (Å²) in [6, 6.07) is 6.36. The first kappa shape index (κ1) is 20.5. The number of primary amides is 1. The van der Waals surface area contributed by atoms with Crippen molar-refractivity contribution in [1.29, 1.82) is 0 Å². The van der Waals surface area contributed by atoms with Crippen LogP contribution in [-0.2, 0) is 6.54 Å². The van der Waals surface area contributed by atoms with Gasteiger partial charge in [0.25, 0.3) is 5.91 Å². The number of nitrogens with zero attached hydrogens (tertiary/aromatic N) is 3. The van der Waals surface area contributed by atoms with Gasteiger partial charge >= 0.3 is 0 Å². The van der Waals surface area contributed by atoms with E-state index in [0.717, 1.165) is 29.9 Å². The average Bonchev–Trinajstić information content (AvgIpc) is 3.11. The number of carbonyl (C=O) groups excluding carboxylic acids is 1. The van der Waals surface area contributed by atoms with Crippen molar-refractivity contribution in [3.63, 3.8) is 0 Å². The second-order valence-corrected chi connectivity index (χ2v) is 6.94.